The molecular weight excluding hydrogens is 404 g/mol. The van der Waals surface area contributed by atoms with Gasteiger partial charge in [-0.25, -0.2) is 4.79 Å². The van der Waals surface area contributed by atoms with Crippen LogP contribution in [-0.2, 0) is 9.53 Å². The molecule has 0 spiro atoms. The van der Waals surface area contributed by atoms with E-state index in [2.05, 4.69) is 0 Å². The molecule has 164 valence electrons. The van der Waals surface area contributed by atoms with Crippen LogP contribution in [0.4, 0.5) is 11.4 Å². The van der Waals surface area contributed by atoms with Crippen molar-refractivity contribution in [2.45, 2.75) is 19.9 Å². The number of carbonyl (C=O) groups excluding carboxylic acids is 3. The van der Waals surface area contributed by atoms with Crippen molar-refractivity contribution in [2.75, 3.05) is 23.5 Å². The largest absolute Gasteiger partial charge is 0.452 e. The summed E-state index contributed by atoms with van der Waals surface area (Å²) in [4.78, 5) is 41.7. The van der Waals surface area contributed by atoms with Gasteiger partial charge < -0.3 is 14.5 Å². The van der Waals surface area contributed by atoms with Gasteiger partial charge in [0.15, 0.2) is 6.61 Å². The maximum absolute atomic E-state index is 13.0. The van der Waals surface area contributed by atoms with E-state index in [1.54, 1.807) is 30.1 Å². The van der Waals surface area contributed by atoms with Crippen LogP contribution in [0.2, 0.25) is 0 Å². The second-order valence-electron chi connectivity index (χ2n) is 7.51. The first kappa shape index (κ1) is 22.7. The highest BCUT2D eigenvalue weighted by Gasteiger charge is 2.24. The molecule has 0 bridgehead atoms. The summed E-state index contributed by atoms with van der Waals surface area (Å²) in [5, 5.41) is 0. The fourth-order valence-electron chi connectivity index (χ4n) is 3.39. The maximum atomic E-state index is 13.0. The van der Waals surface area contributed by atoms with E-state index in [0.29, 0.717) is 5.69 Å². The monoisotopic (exact) mass is 430 g/mol. The number of nitrogens with zero attached hydrogens (tertiary/aromatic N) is 2. The summed E-state index contributed by atoms with van der Waals surface area (Å²) >= 11 is 0. The average Bonchev–Trinajstić information content (AvgIpc) is 2.82. The summed E-state index contributed by atoms with van der Waals surface area (Å²) in [6.45, 7) is 3.35. The summed E-state index contributed by atoms with van der Waals surface area (Å²) in [7, 11) is 1.64. The number of carbonyl (C=O) groups is 3. The Labute approximate surface area is 188 Å². The summed E-state index contributed by atoms with van der Waals surface area (Å²) in [5.74, 6) is -1.41. The van der Waals surface area contributed by atoms with E-state index in [9.17, 15) is 14.4 Å². The lowest BCUT2D eigenvalue weighted by Crippen LogP contribution is -2.40. The number of para-hydroxylation sites is 2. The Morgan fingerprint density at radius 3 is 1.81 bits per heavy atom. The van der Waals surface area contributed by atoms with E-state index >= 15 is 0 Å². The predicted molar refractivity (Wildman–Crippen MR) is 125 cm³/mol. The Bertz CT molecular complexity index is 1080. The highest BCUT2D eigenvalue weighted by atomic mass is 16.5. The van der Waals surface area contributed by atoms with Crippen LogP contribution in [-0.4, -0.2) is 37.5 Å². The van der Waals surface area contributed by atoms with Crippen LogP contribution in [0, 0.1) is 0 Å². The molecule has 0 N–H and O–H groups in total. The minimum Gasteiger partial charge on any atom is -0.452 e. The molecule has 6 heteroatoms. The van der Waals surface area contributed by atoms with Crippen molar-refractivity contribution in [2.24, 2.45) is 0 Å². The summed E-state index contributed by atoms with van der Waals surface area (Å²) < 4.78 is 5.32. The van der Waals surface area contributed by atoms with Gasteiger partial charge in [-0.05, 0) is 50.2 Å². The first-order valence-corrected chi connectivity index (χ1v) is 10.4. The molecule has 0 aliphatic heterocycles. The Balaban J connectivity index is 1.75. The zero-order valence-corrected chi connectivity index (χ0v) is 18.4. The van der Waals surface area contributed by atoms with Crippen molar-refractivity contribution in [1.82, 2.24) is 0 Å². The molecule has 0 fully saturated rings. The maximum Gasteiger partial charge on any atom is 0.339 e. The third-order valence-electron chi connectivity index (χ3n) is 4.97. The number of amides is 2. The molecule has 0 aromatic heterocycles. The van der Waals surface area contributed by atoms with E-state index in [1.807, 2.05) is 74.5 Å². The zero-order chi connectivity index (χ0) is 23.1. The van der Waals surface area contributed by atoms with Gasteiger partial charge in [-0.15, -0.1) is 0 Å². The SMILES string of the molecule is CC(C)N(C(=O)COC(=O)c1ccccc1C(=O)N(C)c1ccccc1)c1ccccc1. The third kappa shape index (κ3) is 5.21. The lowest BCUT2D eigenvalue weighted by Gasteiger charge is -2.26. The highest BCUT2D eigenvalue weighted by molar-refractivity contribution is 6.12. The average molecular weight is 431 g/mol. The molecule has 6 nitrogen and oxygen atoms in total. The van der Waals surface area contributed by atoms with Crippen LogP contribution in [0.3, 0.4) is 0 Å². The van der Waals surface area contributed by atoms with Gasteiger partial charge in [-0.2, -0.15) is 0 Å². The minimum absolute atomic E-state index is 0.114. The number of hydrogen-bond acceptors (Lipinski definition) is 4. The number of ether oxygens (including phenoxy) is 1. The molecule has 0 heterocycles. The Morgan fingerprint density at radius 1 is 0.750 bits per heavy atom. The van der Waals surface area contributed by atoms with E-state index in [4.69, 9.17) is 4.74 Å². The first-order valence-electron chi connectivity index (χ1n) is 10.4. The molecule has 0 aliphatic rings. The second kappa shape index (κ2) is 10.4. The van der Waals surface area contributed by atoms with Gasteiger partial charge in [0.25, 0.3) is 11.8 Å². The van der Waals surface area contributed by atoms with E-state index in [1.165, 1.54) is 11.0 Å². The molecule has 0 unspecified atom stereocenters. The van der Waals surface area contributed by atoms with Crippen LogP contribution in [0.1, 0.15) is 34.6 Å². The Morgan fingerprint density at radius 2 is 1.25 bits per heavy atom. The van der Waals surface area contributed by atoms with E-state index < -0.39 is 12.6 Å². The van der Waals surface area contributed by atoms with Crippen molar-refractivity contribution >= 4 is 29.2 Å². The zero-order valence-electron chi connectivity index (χ0n) is 18.4. The molecule has 2 amide bonds. The Kier molecular flexibility index (Phi) is 7.39. The number of esters is 1. The van der Waals surface area contributed by atoms with Crippen LogP contribution >= 0.6 is 0 Å². The molecule has 3 rings (SSSR count). The summed E-state index contributed by atoms with van der Waals surface area (Å²) in [6.07, 6.45) is 0. The normalized spacial score (nSPS) is 10.5. The lowest BCUT2D eigenvalue weighted by atomic mass is 10.1. The minimum atomic E-state index is -0.722. The first-order chi connectivity index (χ1) is 15.4. The van der Waals surface area contributed by atoms with Crippen molar-refractivity contribution in [3.05, 3.63) is 96.1 Å². The molecule has 0 radical (unpaired) electrons. The van der Waals surface area contributed by atoms with Crippen molar-refractivity contribution in [3.8, 4) is 0 Å². The molecule has 32 heavy (non-hydrogen) atoms. The highest BCUT2D eigenvalue weighted by Crippen LogP contribution is 2.19. The summed E-state index contributed by atoms with van der Waals surface area (Å²) in [6, 6.07) is 24.7. The molecule has 3 aromatic carbocycles. The topological polar surface area (TPSA) is 66.9 Å². The molecule has 3 aromatic rings. The quantitative estimate of drug-likeness (QED) is 0.516. The van der Waals surface area contributed by atoms with Gasteiger partial charge in [-0.3, -0.25) is 9.59 Å². The van der Waals surface area contributed by atoms with E-state index in [0.717, 1.165) is 5.69 Å². The number of benzene rings is 3. The van der Waals surface area contributed by atoms with Gasteiger partial charge in [0.05, 0.1) is 11.1 Å². The third-order valence-corrected chi connectivity index (χ3v) is 4.97. The van der Waals surface area contributed by atoms with Gasteiger partial charge in [0.1, 0.15) is 0 Å². The fourth-order valence-corrected chi connectivity index (χ4v) is 3.39. The summed E-state index contributed by atoms with van der Waals surface area (Å²) in [5.41, 5.74) is 1.75. The van der Waals surface area contributed by atoms with Crippen LogP contribution in [0.5, 0.6) is 0 Å². The van der Waals surface area contributed by atoms with Crippen LogP contribution in [0.25, 0.3) is 0 Å². The molecule has 0 aliphatic carbocycles. The number of rotatable bonds is 7. The van der Waals surface area contributed by atoms with Gasteiger partial charge in [0, 0.05) is 24.5 Å². The van der Waals surface area contributed by atoms with E-state index in [-0.39, 0.29) is 29.0 Å². The second-order valence-corrected chi connectivity index (χ2v) is 7.51. The number of anilines is 2. The van der Waals surface area contributed by atoms with Crippen LogP contribution < -0.4 is 9.80 Å². The molecule has 0 saturated heterocycles. The van der Waals surface area contributed by atoms with Crippen molar-refractivity contribution < 1.29 is 19.1 Å². The Hall–Kier alpha value is -3.93. The standard InChI is InChI=1S/C26H26N2O4/c1-19(2)28(21-14-8-5-9-15-21)24(29)18-32-26(31)23-17-11-10-16-22(23)25(30)27(3)20-12-6-4-7-13-20/h4-17,19H,18H2,1-3H3. The number of hydrogen-bond donors (Lipinski definition) is 0. The van der Waals surface area contributed by atoms with Crippen molar-refractivity contribution in [1.29, 1.82) is 0 Å². The lowest BCUT2D eigenvalue weighted by molar-refractivity contribution is -0.122. The van der Waals surface area contributed by atoms with Crippen molar-refractivity contribution in [3.63, 3.8) is 0 Å². The van der Waals surface area contributed by atoms with Gasteiger partial charge in [-0.1, -0.05) is 48.5 Å². The fraction of sp³-hybridized carbons (Fsp3) is 0.192. The molecular formula is C26H26N2O4. The van der Waals surface area contributed by atoms with Gasteiger partial charge >= 0.3 is 5.97 Å². The van der Waals surface area contributed by atoms with Crippen LogP contribution in [0.15, 0.2) is 84.9 Å². The molecule has 0 atom stereocenters. The predicted octanol–water partition coefficient (Wildman–Crippen LogP) is 4.56. The smallest absolute Gasteiger partial charge is 0.339 e. The van der Waals surface area contributed by atoms with Gasteiger partial charge in [0.2, 0.25) is 0 Å². The molecule has 0 saturated carbocycles.